The molecule has 1 aliphatic heterocycles. The Kier molecular flexibility index (Phi) is 5.08. The van der Waals surface area contributed by atoms with Crippen LogP contribution in [0.5, 0.6) is 0 Å². The van der Waals surface area contributed by atoms with E-state index in [2.05, 4.69) is 20.4 Å². The van der Waals surface area contributed by atoms with Crippen LogP contribution in [0, 0.1) is 5.92 Å². The summed E-state index contributed by atoms with van der Waals surface area (Å²) in [4.78, 5) is 14.1. The average molecular weight is 281 g/mol. The highest BCUT2D eigenvalue weighted by Crippen LogP contribution is 2.16. The molecule has 1 aromatic rings. The second kappa shape index (κ2) is 6.81. The Morgan fingerprint density at radius 1 is 1.55 bits per heavy atom. The minimum absolute atomic E-state index is 0.123. The molecule has 1 unspecified atom stereocenters. The van der Waals surface area contributed by atoms with Gasteiger partial charge in [-0.25, -0.2) is 0 Å². The maximum atomic E-state index is 11.9. The van der Waals surface area contributed by atoms with Gasteiger partial charge in [0.1, 0.15) is 0 Å². The highest BCUT2D eigenvalue weighted by Gasteiger charge is 2.21. The van der Waals surface area contributed by atoms with E-state index in [4.69, 9.17) is 10.2 Å². The van der Waals surface area contributed by atoms with E-state index in [-0.39, 0.29) is 17.8 Å². The molecule has 1 saturated heterocycles. The van der Waals surface area contributed by atoms with Crippen molar-refractivity contribution in [2.45, 2.75) is 32.6 Å². The number of nitrogens with one attached hydrogen (secondary N) is 1. The quantitative estimate of drug-likeness (QED) is 0.828. The van der Waals surface area contributed by atoms with E-state index in [0.717, 1.165) is 25.9 Å². The summed E-state index contributed by atoms with van der Waals surface area (Å²) >= 11 is 0. The predicted octanol–water partition coefficient (Wildman–Crippen LogP) is 0.802. The maximum absolute atomic E-state index is 11.9. The molecule has 1 amide bonds. The van der Waals surface area contributed by atoms with Gasteiger partial charge in [-0.05, 0) is 31.8 Å². The van der Waals surface area contributed by atoms with Crippen LogP contribution in [0.4, 0.5) is 6.01 Å². The van der Waals surface area contributed by atoms with E-state index in [0.29, 0.717) is 24.9 Å². The third-order valence-electron chi connectivity index (χ3n) is 3.48. The zero-order valence-electron chi connectivity index (χ0n) is 12.1. The molecule has 1 aromatic heterocycles. The molecule has 0 aliphatic carbocycles. The van der Waals surface area contributed by atoms with Crippen molar-refractivity contribution in [3.05, 3.63) is 5.89 Å². The molecular formula is C13H23N5O2. The number of nitrogens with zero attached hydrogens (tertiary/aromatic N) is 3. The molecule has 2 rings (SSSR count). The van der Waals surface area contributed by atoms with Crippen molar-refractivity contribution >= 4 is 11.9 Å². The average Bonchev–Trinajstić information content (AvgIpc) is 2.87. The lowest BCUT2D eigenvalue weighted by Crippen LogP contribution is -2.42. The molecule has 1 aliphatic rings. The Bertz CT molecular complexity index is 446. The molecule has 0 saturated carbocycles. The van der Waals surface area contributed by atoms with E-state index >= 15 is 0 Å². The second-order valence-electron chi connectivity index (χ2n) is 5.63. The van der Waals surface area contributed by atoms with Gasteiger partial charge in [0.2, 0.25) is 11.8 Å². The van der Waals surface area contributed by atoms with Gasteiger partial charge in [-0.15, -0.1) is 5.10 Å². The molecule has 112 valence electrons. The van der Waals surface area contributed by atoms with Crippen molar-refractivity contribution in [2.75, 3.05) is 31.5 Å². The normalized spacial score (nSPS) is 20.3. The molecular weight excluding hydrogens is 258 g/mol. The molecule has 0 spiro atoms. The first-order valence-corrected chi connectivity index (χ1v) is 7.14. The lowest BCUT2D eigenvalue weighted by molar-refractivity contribution is -0.117. The summed E-state index contributed by atoms with van der Waals surface area (Å²) in [7, 11) is 0. The van der Waals surface area contributed by atoms with Crippen LogP contribution in [-0.2, 0) is 4.79 Å². The molecule has 7 heteroatoms. The number of carbonyl (C=O) groups excluding carboxylic acids is 1. The van der Waals surface area contributed by atoms with Gasteiger partial charge in [-0.2, -0.15) is 0 Å². The van der Waals surface area contributed by atoms with Gasteiger partial charge < -0.3 is 10.2 Å². The van der Waals surface area contributed by atoms with E-state index in [1.807, 2.05) is 13.8 Å². The zero-order chi connectivity index (χ0) is 14.5. The lowest BCUT2D eigenvalue weighted by atomic mass is 9.98. The summed E-state index contributed by atoms with van der Waals surface area (Å²) in [6.07, 6.45) is 2.24. The van der Waals surface area contributed by atoms with Crippen LogP contribution in [0.15, 0.2) is 4.42 Å². The monoisotopic (exact) mass is 281 g/mol. The van der Waals surface area contributed by atoms with Crippen LogP contribution in [-0.4, -0.2) is 47.2 Å². The zero-order valence-corrected chi connectivity index (χ0v) is 12.1. The first-order valence-electron chi connectivity index (χ1n) is 7.14. The SMILES string of the molecule is CC(C)c1nnc(NC(=O)CN2CCCC(CN)C2)o1. The van der Waals surface area contributed by atoms with Crippen molar-refractivity contribution in [3.63, 3.8) is 0 Å². The van der Waals surface area contributed by atoms with Crippen LogP contribution in [0.2, 0.25) is 0 Å². The summed E-state index contributed by atoms with van der Waals surface area (Å²) in [5.74, 6) is 1.05. The summed E-state index contributed by atoms with van der Waals surface area (Å²) in [6.45, 7) is 6.75. The highest BCUT2D eigenvalue weighted by atomic mass is 16.4. The van der Waals surface area contributed by atoms with Gasteiger partial charge in [-0.3, -0.25) is 15.0 Å². The first-order chi connectivity index (χ1) is 9.58. The van der Waals surface area contributed by atoms with Gasteiger partial charge in [-0.1, -0.05) is 18.9 Å². The molecule has 2 heterocycles. The third kappa shape index (κ3) is 4.01. The lowest BCUT2D eigenvalue weighted by Gasteiger charge is -2.31. The molecule has 0 aromatic carbocycles. The minimum atomic E-state index is -0.123. The largest absolute Gasteiger partial charge is 0.408 e. The molecule has 3 N–H and O–H groups in total. The number of hydrogen-bond acceptors (Lipinski definition) is 6. The number of rotatable bonds is 5. The fraction of sp³-hybridized carbons (Fsp3) is 0.769. The topological polar surface area (TPSA) is 97.3 Å². The van der Waals surface area contributed by atoms with Crippen LogP contribution < -0.4 is 11.1 Å². The third-order valence-corrected chi connectivity index (χ3v) is 3.48. The number of piperidine rings is 1. The summed E-state index contributed by atoms with van der Waals surface area (Å²) < 4.78 is 5.35. The Morgan fingerprint density at radius 3 is 3.00 bits per heavy atom. The van der Waals surface area contributed by atoms with Crippen LogP contribution in [0.25, 0.3) is 0 Å². The van der Waals surface area contributed by atoms with Crippen molar-refractivity contribution in [1.82, 2.24) is 15.1 Å². The number of hydrogen-bond donors (Lipinski definition) is 2. The van der Waals surface area contributed by atoms with Crippen LogP contribution in [0.1, 0.15) is 38.5 Å². The van der Waals surface area contributed by atoms with Crippen molar-refractivity contribution in [3.8, 4) is 0 Å². The fourth-order valence-corrected chi connectivity index (χ4v) is 2.37. The van der Waals surface area contributed by atoms with E-state index in [9.17, 15) is 4.79 Å². The highest BCUT2D eigenvalue weighted by molar-refractivity contribution is 5.90. The van der Waals surface area contributed by atoms with Crippen LogP contribution >= 0.6 is 0 Å². The summed E-state index contributed by atoms with van der Waals surface area (Å²) in [5.41, 5.74) is 5.69. The Hall–Kier alpha value is -1.47. The van der Waals surface area contributed by atoms with Crippen molar-refractivity contribution < 1.29 is 9.21 Å². The van der Waals surface area contributed by atoms with Gasteiger partial charge in [0.05, 0.1) is 6.54 Å². The Morgan fingerprint density at radius 2 is 2.35 bits per heavy atom. The molecule has 1 fully saturated rings. The van der Waals surface area contributed by atoms with Crippen LogP contribution in [0.3, 0.4) is 0 Å². The van der Waals surface area contributed by atoms with E-state index in [1.165, 1.54) is 0 Å². The number of anilines is 1. The number of amides is 1. The summed E-state index contributed by atoms with van der Waals surface area (Å²) in [6, 6.07) is 0.172. The van der Waals surface area contributed by atoms with Gasteiger partial charge in [0.25, 0.3) is 0 Å². The first kappa shape index (κ1) is 14.9. The van der Waals surface area contributed by atoms with Gasteiger partial charge in [0, 0.05) is 12.5 Å². The van der Waals surface area contributed by atoms with E-state index in [1.54, 1.807) is 0 Å². The van der Waals surface area contributed by atoms with Crippen molar-refractivity contribution in [2.24, 2.45) is 11.7 Å². The molecule has 0 radical (unpaired) electrons. The molecule has 20 heavy (non-hydrogen) atoms. The molecule has 0 bridgehead atoms. The number of aromatic nitrogens is 2. The minimum Gasteiger partial charge on any atom is -0.408 e. The molecule has 7 nitrogen and oxygen atoms in total. The second-order valence-corrected chi connectivity index (χ2v) is 5.63. The standard InChI is InChI=1S/C13H23N5O2/c1-9(2)12-16-17-13(20-12)15-11(19)8-18-5-3-4-10(6-14)7-18/h9-10H,3-8,14H2,1-2H3,(H,15,17,19). The fourth-order valence-electron chi connectivity index (χ4n) is 2.37. The predicted molar refractivity (Wildman–Crippen MR) is 75.2 cm³/mol. The summed E-state index contributed by atoms with van der Waals surface area (Å²) in [5, 5.41) is 10.3. The Labute approximate surface area is 118 Å². The Balaban J connectivity index is 1.82. The number of nitrogens with two attached hydrogens (primary N) is 1. The van der Waals surface area contributed by atoms with Gasteiger partial charge in [0.15, 0.2) is 0 Å². The maximum Gasteiger partial charge on any atom is 0.322 e. The van der Waals surface area contributed by atoms with E-state index < -0.39 is 0 Å². The number of carbonyl (C=O) groups is 1. The van der Waals surface area contributed by atoms with Gasteiger partial charge >= 0.3 is 6.01 Å². The smallest absolute Gasteiger partial charge is 0.322 e. The number of likely N-dealkylation sites (tertiary alicyclic amines) is 1. The van der Waals surface area contributed by atoms with Crippen molar-refractivity contribution in [1.29, 1.82) is 0 Å². The molecule has 1 atom stereocenters.